The maximum absolute atomic E-state index is 12.7. The number of benzene rings is 1. The first-order valence-corrected chi connectivity index (χ1v) is 10.3. The first-order valence-electron chi connectivity index (χ1n) is 10.3. The molecule has 0 aliphatic rings. The molecule has 0 bridgehead atoms. The molecule has 3 N–H and O–H groups in total. The van der Waals surface area contributed by atoms with Crippen molar-refractivity contribution in [1.82, 2.24) is 20.4 Å². The van der Waals surface area contributed by atoms with E-state index in [1.807, 2.05) is 58.0 Å². The third-order valence-electron chi connectivity index (χ3n) is 4.58. The van der Waals surface area contributed by atoms with Gasteiger partial charge in [-0.1, -0.05) is 6.07 Å². The molecule has 0 saturated carbocycles. The van der Waals surface area contributed by atoms with Gasteiger partial charge in [-0.25, -0.2) is 20.4 Å². The lowest BCUT2D eigenvalue weighted by Gasteiger charge is -2.21. The van der Waals surface area contributed by atoms with Crippen LogP contribution in [0.3, 0.4) is 0 Å². The molecule has 0 atom stereocenters. The minimum atomic E-state index is -0.388. The van der Waals surface area contributed by atoms with Gasteiger partial charge in [0.1, 0.15) is 17.5 Å². The van der Waals surface area contributed by atoms with E-state index in [1.54, 1.807) is 13.0 Å². The number of pyridine rings is 1. The number of amides is 1. The number of carbonyl (C=O) groups excluding carboxylic acids is 1. The van der Waals surface area contributed by atoms with Crippen molar-refractivity contribution >= 4 is 34.6 Å². The SMILES string of the molecule is CCONC(=O)c1cnc(Nc2cc(C)nc(C)n2)cc1Nc1ccc(C)cc1N(C)C. The molecule has 0 unspecified atom stereocenters. The number of hydrogen-bond acceptors (Lipinski definition) is 8. The number of nitrogens with zero attached hydrogens (tertiary/aromatic N) is 4. The molecule has 0 spiro atoms. The van der Waals surface area contributed by atoms with Gasteiger partial charge >= 0.3 is 0 Å². The van der Waals surface area contributed by atoms with E-state index in [4.69, 9.17) is 4.84 Å². The molecule has 32 heavy (non-hydrogen) atoms. The molecule has 2 aromatic heterocycles. The van der Waals surface area contributed by atoms with Crippen LogP contribution in [0.15, 0.2) is 36.5 Å². The summed E-state index contributed by atoms with van der Waals surface area (Å²) in [6.45, 7) is 7.93. The van der Waals surface area contributed by atoms with E-state index in [0.29, 0.717) is 35.3 Å². The maximum atomic E-state index is 12.7. The van der Waals surface area contributed by atoms with Gasteiger partial charge in [0.2, 0.25) is 0 Å². The average Bonchev–Trinajstić information content (AvgIpc) is 2.72. The van der Waals surface area contributed by atoms with Gasteiger partial charge in [-0.05, 0) is 45.4 Å². The number of hydrogen-bond donors (Lipinski definition) is 3. The van der Waals surface area contributed by atoms with Crippen molar-refractivity contribution in [1.29, 1.82) is 0 Å². The Labute approximate surface area is 188 Å². The van der Waals surface area contributed by atoms with Crippen molar-refractivity contribution in [2.45, 2.75) is 27.7 Å². The molecule has 1 amide bonds. The van der Waals surface area contributed by atoms with Crippen molar-refractivity contribution in [3.63, 3.8) is 0 Å². The van der Waals surface area contributed by atoms with Crippen molar-refractivity contribution in [2.75, 3.05) is 36.2 Å². The highest BCUT2D eigenvalue weighted by atomic mass is 16.6. The largest absolute Gasteiger partial charge is 0.376 e. The summed E-state index contributed by atoms with van der Waals surface area (Å²) in [6.07, 6.45) is 1.50. The van der Waals surface area contributed by atoms with Crippen LogP contribution in [-0.2, 0) is 4.84 Å². The van der Waals surface area contributed by atoms with E-state index in [-0.39, 0.29) is 5.91 Å². The molecule has 0 saturated heterocycles. The summed E-state index contributed by atoms with van der Waals surface area (Å²) in [5, 5.41) is 6.58. The number of rotatable bonds is 8. The third-order valence-corrected chi connectivity index (χ3v) is 4.58. The van der Waals surface area contributed by atoms with Crippen LogP contribution in [0.25, 0.3) is 0 Å². The monoisotopic (exact) mass is 435 g/mol. The summed E-state index contributed by atoms with van der Waals surface area (Å²) >= 11 is 0. The molecule has 9 heteroatoms. The highest BCUT2D eigenvalue weighted by molar-refractivity contribution is 6.00. The summed E-state index contributed by atoms with van der Waals surface area (Å²) in [4.78, 5) is 32.9. The minimum absolute atomic E-state index is 0.351. The fraction of sp³-hybridized carbons (Fsp3) is 0.304. The second-order valence-corrected chi connectivity index (χ2v) is 7.59. The van der Waals surface area contributed by atoms with Gasteiger partial charge in [-0.3, -0.25) is 9.63 Å². The molecule has 0 radical (unpaired) electrons. The van der Waals surface area contributed by atoms with Crippen LogP contribution in [-0.4, -0.2) is 41.6 Å². The lowest BCUT2D eigenvalue weighted by molar-refractivity contribution is 0.0365. The fourth-order valence-electron chi connectivity index (χ4n) is 3.18. The summed E-state index contributed by atoms with van der Waals surface area (Å²) < 4.78 is 0. The van der Waals surface area contributed by atoms with E-state index in [0.717, 1.165) is 22.6 Å². The highest BCUT2D eigenvalue weighted by Crippen LogP contribution is 2.31. The van der Waals surface area contributed by atoms with Gasteiger partial charge in [0, 0.05) is 38.1 Å². The van der Waals surface area contributed by atoms with Crippen LogP contribution in [0.2, 0.25) is 0 Å². The molecule has 9 nitrogen and oxygen atoms in total. The molecule has 2 heterocycles. The van der Waals surface area contributed by atoms with Crippen molar-refractivity contribution in [3.05, 3.63) is 59.2 Å². The zero-order valence-electron chi connectivity index (χ0n) is 19.3. The summed E-state index contributed by atoms with van der Waals surface area (Å²) in [6, 6.07) is 9.69. The zero-order chi connectivity index (χ0) is 23.3. The Morgan fingerprint density at radius 1 is 1.00 bits per heavy atom. The van der Waals surface area contributed by atoms with Crippen LogP contribution >= 0.6 is 0 Å². The van der Waals surface area contributed by atoms with Gasteiger partial charge in [-0.2, -0.15) is 0 Å². The number of hydroxylamine groups is 1. The Kier molecular flexibility index (Phi) is 7.21. The maximum Gasteiger partial charge on any atom is 0.278 e. The van der Waals surface area contributed by atoms with Crippen LogP contribution < -0.4 is 21.0 Å². The van der Waals surface area contributed by atoms with E-state index < -0.39 is 0 Å². The number of nitrogens with one attached hydrogen (secondary N) is 3. The molecule has 1 aromatic carbocycles. The van der Waals surface area contributed by atoms with Gasteiger partial charge in [0.15, 0.2) is 0 Å². The van der Waals surface area contributed by atoms with Crippen LogP contribution in [0.4, 0.5) is 28.7 Å². The average molecular weight is 436 g/mol. The number of carbonyl (C=O) groups is 1. The van der Waals surface area contributed by atoms with Crippen molar-refractivity contribution < 1.29 is 9.63 Å². The Morgan fingerprint density at radius 2 is 1.78 bits per heavy atom. The number of aromatic nitrogens is 3. The lowest BCUT2D eigenvalue weighted by Crippen LogP contribution is -2.24. The van der Waals surface area contributed by atoms with Crippen LogP contribution in [0.1, 0.15) is 34.4 Å². The molecule has 3 aromatic rings. The second kappa shape index (κ2) is 10.1. The topological polar surface area (TPSA) is 104 Å². The van der Waals surface area contributed by atoms with E-state index in [2.05, 4.69) is 37.1 Å². The lowest BCUT2D eigenvalue weighted by atomic mass is 10.1. The van der Waals surface area contributed by atoms with Crippen LogP contribution in [0, 0.1) is 20.8 Å². The molecule has 168 valence electrons. The molecular weight excluding hydrogens is 406 g/mol. The number of aryl methyl sites for hydroxylation is 3. The first-order chi connectivity index (χ1) is 15.3. The molecule has 0 aliphatic carbocycles. The Hall–Kier alpha value is -3.72. The summed E-state index contributed by atoms with van der Waals surface area (Å²) in [7, 11) is 3.95. The first kappa shape index (κ1) is 23.0. The van der Waals surface area contributed by atoms with Gasteiger partial charge in [-0.15, -0.1) is 0 Å². The Morgan fingerprint density at radius 3 is 2.47 bits per heavy atom. The summed E-state index contributed by atoms with van der Waals surface area (Å²) in [5.41, 5.74) is 7.20. The van der Waals surface area contributed by atoms with Gasteiger partial charge in [0.25, 0.3) is 5.91 Å². The standard InChI is InChI=1S/C23H29N7O2/c1-7-32-29-23(31)17-13-24-21(28-22-11-15(3)25-16(4)26-22)12-19(17)27-18-9-8-14(2)10-20(18)30(5)6/h8-13H,7H2,1-6H3,(H,29,31)(H2,24,25,26,27,28). The van der Waals surface area contributed by atoms with Crippen LogP contribution in [0.5, 0.6) is 0 Å². The highest BCUT2D eigenvalue weighted by Gasteiger charge is 2.16. The molecule has 3 rings (SSSR count). The Bertz CT molecular complexity index is 1100. The van der Waals surface area contributed by atoms with Gasteiger partial charge < -0.3 is 15.5 Å². The van der Waals surface area contributed by atoms with E-state index >= 15 is 0 Å². The molecule has 0 aliphatic heterocycles. The fourth-order valence-corrected chi connectivity index (χ4v) is 3.18. The smallest absolute Gasteiger partial charge is 0.278 e. The zero-order valence-corrected chi connectivity index (χ0v) is 19.3. The Balaban J connectivity index is 2.00. The quantitative estimate of drug-likeness (QED) is 0.456. The molecular formula is C23H29N7O2. The van der Waals surface area contributed by atoms with E-state index in [1.165, 1.54) is 6.20 Å². The van der Waals surface area contributed by atoms with Gasteiger partial charge in [0.05, 0.1) is 29.2 Å². The predicted molar refractivity (Wildman–Crippen MR) is 127 cm³/mol. The van der Waals surface area contributed by atoms with Crippen molar-refractivity contribution in [3.8, 4) is 0 Å². The minimum Gasteiger partial charge on any atom is -0.376 e. The summed E-state index contributed by atoms with van der Waals surface area (Å²) in [5.74, 6) is 1.44. The molecule has 0 fully saturated rings. The normalized spacial score (nSPS) is 10.6. The number of anilines is 5. The predicted octanol–water partition coefficient (Wildman–Crippen LogP) is 4.03. The van der Waals surface area contributed by atoms with E-state index in [9.17, 15) is 4.79 Å². The van der Waals surface area contributed by atoms with Crippen molar-refractivity contribution in [2.24, 2.45) is 0 Å². The third kappa shape index (κ3) is 5.70. The second-order valence-electron chi connectivity index (χ2n) is 7.59.